The van der Waals surface area contributed by atoms with Gasteiger partial charge in [-0.1, -0.05) is 23.8 Å². The molecule has 0 aliphatic rings. The van der Waals surface area contributed by atoms with Gasteiger partial charge in [-0.15, -0.1) is 0 Å². The summed E-state index contributed by atoms with van der Waals surface area (Å²) in [6, 6.07) is 13.3. The quantitative estimate of drug-likeness (QED) is 0.409. The Bertz CT molecular complexity index is 700. The van der Waals surface area contributed by atoms with Crippen molar-refractivity contribution in [2.75, 3.05) is 19.6 Å². The van der Waals surface area contributed by atoms with Crippen LogP contribution >= 0.6 is 0 Å². The van der Waals surface area contributed by atoms with Gasteiger partial charge in [-0.2, -0.15) is 0 Å². The Labute approximate surface area is 148 Å². The Morgan fingerprint density at radius 1 is 1.08 bits per heavy atom. The maximum atomic E-state index is 12.1. The molecule has 6 heteroatoms. The zero-order valence-electron chi connectivity index (χ0n) is 14.7. The molecule has 1 aromatic heterocycles. The molecule has 0 spiro atoms. The Hall–Kier alpha value is -2.89. The first-order chi connectivity index (χ1) is 12.2. The van der Waals surface area contributed by atoms with Crippen molar-refractivity contribution in [3.05, 3.63) is 65.5 Å². The van der Waals surface area contributed by atoms with Crippen molar-refractivity contribution in [3.8, 4) is 0 Å². The number of aryl methyl sites for hydroxylation is 1. The van der Waals surface area contributed by atoms with Gasteiger partial charge in [0.15, 0.2) is 5.96 Å². The second kappa shape index (κ2) is 10.1. The van der Waals surface area contributed by atoms with Gasteiger partial charge in [-0.3, -0.25) is 9.78 Å². The van der Waals surface area contributed by atoms with Crippen LogP contribution in [0.4, 0.5) is 0 Å². The third-order valence-electron chi connectivity index (χ3n) is 3.45. The molecule has 0 radical (unpaired) electrons. The SMILES string of the molecule is CCNC(=NCc1ccccn1)NCCNC(=O)c1cccc(C)c1. The molecular formula is C19H25N5O. The molecule has 2 aromatic rings. The largest absolute Gasteiger partial charge is 0.357 e. The fraction of sp³-hybridized carbons (Fsp3) is 0.316. The normalized spacial score (nSPS) is 11.0. The first-order valence-electron chi connectivity index (χ1n) is 8.46. The minimum absolute atomic E-state index is 0.0686. The minimum atomic E-state index is -0.0686. The summed E-state index contributed by atoms with van der Waals surface area (Å²) in [7, 11) is 0. The van der Waals surface area contributed by atoms with E-state index in [1.807, 2.05) is 56.3 Å². The topological polar surface area (TPSA) is 78.4 Å². The summed E-state index contributed by atoms with van der Waals surface area (Å²) in [5.41, 5.74) is 2.66. The van der Waals surface area contributed by atoms with E-state index >= 15 is 0 Å². The summed E-state index contributed by atoms with van der Waals surface area (Å²) in [5.74, 6) is 0.638. The summed E-state index contributed by atoms with van der Waals surface area (Å²) >= 11 is 0. The maximum absolute atomic E-state index is 12.1. The molecule has 2 rings (SSSR count). The van der Waals surface area contributed by atoms with Gasteiger partial charge in [0.2, 0.25) is 0 Å². The molecule has 0 saturated heterocycles. The number of guanidine groups is 1. The molecule has 0 saturated carbocycles. The molecule has 0 unspecified atom stereocenters. The van der Waals surface area contributed by atoms with E-state index in [9.17, 15) is 4.79 Å². The Balaban J connectivity index is 1.78. The summed E-state index contributed by atoms with van der Waals surface area (Å²) < 4.78 is 0. The predicted octanol–water partition coefficient (Wildman–Crippen LogP) is 1.88. The highest BCUT2D eigenvalue weighted by atomic mass is 16.1. The number of hydrogen-bond donors (Lipinski definition) is 3. The van der Waals surface area contributed by atoms with E-state index in [2.05, 4.69) is 25.9 Å². The van der Waals surface area contributed by atoms with Crippen molar-refractivity contribution >= 4 is 11.9 Å². The standard InChI is InChI=1S/C19H25N5O/c1-3-20-19(24-14-17-9-4-5-10-21-17)23-12-11-22-18(25)16-8-6-7-15(2)13-16/h4-10,13H,3,11-12,14H2,1-2H3,(H,22,25)(H2,20,23,24). The molecule has 0 aliphatic carbocycles. The molecule has 1 amide bonds. The third-order valence-corrected chi connectivity index (χ3v) is 3.45. The van der Waals surface area contributed by atoms with E-state index in [-0.39, 0.29) is 5.91 Å². The van der Waals surface area contributed by atoms with Crippen molar-refractivity contribution in [1.82, 2.24) is 20.9 Å². The van der Waals surface area contributed by atoms with E-state index in [1.54, 1.807) is 6.20 Å². The van der Waals surface area contributed by atoms with Crippen LogP contribution in [-0.4, -0.2) is 36.5 Å². The molecule has 3 N–H and O–H groups in total. The van der Waals surface area contributed by atoms with Crippen molar-refractivity contribution < 1.29 is 4.79 Å². The van der Waals surface area contributed by atoms with Crippen LogP contribution in [-0.2, 0) is 6.54 Å². The molecular weight excluding hydrogens is 314 g/mol. The number of pyridine rings is 1. The Morgan fingerprint density at radius 2 is 1.92 bits per heavy atom. The van der Waals surface area contributed by atoms with Gasteiger partial charge >= 0.3 is 0 Å². The maximum Gasteiger partial charge on any atom is 0.251 e. The lowest BCUT2D eigenvalue weighted by Gasteiger charge is -2.12. The number of rotatable bonds is 7. The Kier molecular flexibility index (Phi) is 7.43. The monoisotopic (exact) mass is 339 g/mol. The smallest absolute Gasteiger partial charge is 0.251 e. The van der Waals surface area contributed by atoms with Gasteiger partial charge in [0.1, 0.15) is 0 Å². The fourth-order valence-corrected chi connectivity index (χ4v) is 2.24. The molecule has 1 aromatic carbocycles. The number of hydrogen-bond acceptors (Lipinski definition) is 3. The lowest BCUT2D eigenvalue weighted by atomic mass is 10.1. The van der Waals surface area contributed by atoms with Crippen LogP contribution in [0, 0.1) is 6.92 Å². The zero-order chi connectivity index (χ0) is 17.9. The molecule has 0 atom stereocenters. The van der Waals surface area contributed by atoms with Crippen LogP contribution < -0.4 is 16.0 Å². The molecule has 25 heavy (non-hydrogen) atoms. The lowest BCUT2D eigenvalue weighted by molar-refractivity contribution is 0.0954. The highest BCUT2D eigenvalue weighted by Gasteiger charge is 2.04. The summed E-state index contributed by atoms with van der Waals surface area (Å²) in [4.78, 5) is 20.8. The second-order valence-corrected chi connectivity index (χ2v) is 5.57. The highest BCUT2D eigenvalue weighted by Crippen LogP contribution is 2.03. The van der Waals surface area contributed by atoms with Gasteiger partial charge in [-0.05, 0) is 38.1 Å². The van der Waals surface area contributed by atoms with Gasteiger partial charge in [0, 0.05) is 31.4 Å². The number of amides is 1. The van der Waals surface area contributed by atoms with E-state index < -0.39 is 0 Å². The average Bonchev–Trinajstić information content (AvgIpc) is 2.63. The fourth-order valence-electron chi connectivity index (χ4n) is 2.24. The lowest BCUT2D eigenvalue weighted by Crippen LogP contribution is -2.41. The number of aromatic nitrogens is 1. The molecule has 0 fully saturated rings. The zero-order valence-corrected chi connectivity index (χ0v) is 14.7. The van der Waals surface area contributed by atoms with Crippen LogP contribution in [0.2, 0.25) is 0 Å². The van der Waals surface area contributed by atoms with E-state index in [4.69, 9.17) is 0 Å². The summed E-state index contributed by atoms with van der Waals surface area (Å²) in [5, 5.41) is 9.28. The van der Waals surface area contributed by atoms with Crippen LogP contribution in [0.1, 0.15) is 28.5 Å². The van der Waals surface area contributed by atoms with Crippen LogP contribution in [0.15, 0.2) is 53.7 Å². The van der Waals surface area contributed by atoms with Gasteiger partial charge in [0.05, 0.1) is 12.2 Å². The molecule has 132 valence electrons. The van der Waals surface area contributed by atoms with Crippen molar-refractivity contribution in [3.63, 3.8) is 0 Å². The van der Waals surface area contributed by atoms with Crippen LogP contribution in [0.5, 0.6) is 0 Å². The van der Waals surface area contributed by atoms with E-state index in [0.29, 0.717) is 31.2 Å². The summed E-state index contributed by atoms with van der Waals surface area (Å²) in [6.07, 6.45) is 1.76. The van der Waals surface area contributed by atoms with Gasteiger partial charge in [0.25, 0.3) is 5.91 Å². The van der Waals surface area contributed by atoms with E-state index in [0.717, 1.165) is 17.8 Å². The number of nitrogens with zero attached hydrogens (tertiary/aromatic N) is 2. The van der Waals surface area contributed by atoms with E-state index in [1.165, 1.54) is 0 Å². The van der Waals surface area contributed by atoms with Crippen LogP contribution in [0.3, 0.4) is 0 Å². The predicted molar refractivity (Wildman–Crippen MR) is 101 cm³/mol. The average molecular weight is 339 g/mol. The molecule has 0 aliphatic heterocycles. The van der Waals surface area contributed by atoms with Gasteiger partial charge in [-0.25, -0.2) is 4.99 Å². The number of carbonyl (C=O) groups is 1. The van der Waals surface area contributed by atoms with Gasteiger partial charge < -0.3 is 16.0 Å². The number of aliphatic imine (C=N–C) groups is 1. The number of carbonyl (C=O) groups excluding carboxylic acids is 1. The van der Waals surface area contributed by atoms with Crippen molar-refractivity contribution in [2.45, 2.75) is 20.4 Å². The van der Waals surface area contributed by atoms with Crippen molar-refractivity contribution in [1.29, 1.82) is 0 Å². The summed E-state index contributed by atoms with van der Waals surface area (Å²) in [6.45, 7) is 6.36. The minimum Gasteiger partial charge on any atom is -0.357 e. The highest BCUT2D eigenvalue weighted by molar-refractivity contribution is 5.94. The molecule has 0 bridgehead atoms. The molecule has 6 nitrogen and oxygen atoms in total. The Morgan fingerprint density at radius 3 is 2.64 bits per heavy atom. The molecule has 1 heterocycles. The first-order valence-corrected chi connectivity index (χ1v) is 8.46. The number of benzene rings is 1. The second-order valence-electron chi connectivity index (χ2n) is 5.57. The number of nitrogens with one attached hydrogen (secondary N) is 3. The van der Waals surface area contributed by atoms with Crippen LogP contribution in [0.25, 0.3) is 0 Å². The first kappa shape index (κ1) is 18.4. The third kappa shape index (κ3) is 6.63. The van der Waals surface area contributed by atoms with Crippen molar-refractivity contribution in [2.24, 2.45) is 4.99 Å².